The number of aliphatic hydroxyl groups excluding tert-OH is 1. The van der Waals surface area contributed by atoms with Gasteiger partial charge in [0.1, 0.15) is 0 Å². The molecule has 0 aliphatic carbocycles. The lowest BCUT2D eigenvalue weighted by atomic mass is 10.00. The number of likely N-dealkylation sites (tertiary alicyclic amines) is 1. The number of thiazole rings is 1. The van der Waals surface area contributed by atoms with Gasteiger partial charge in [-0.15, -0.1) is 11.3 Å². The second kappa shape index (κ2) is 8.75. The molecule has 1 amide bonds. The van der Waals surface area contributed by atoms with Gasteiger partial charge in [-0.2, -0.15) is 0 Å². The third-order valence-corrected chi connectivity index (χ3v) is 5.87. The van der Waals surface area contributed by atoms with E-state index in [2.05, 4.69) is 47.2 Å². The molecule has 6 heteroatoms. The van der Waals surface area contributed by atoms with Crippen molar-refractivity contribution in [1.29, 1.82) is 0 Å². The average Bonchev–Trinajstić information content (AvgIpc) is 3.07. The van der Waals surface area contributed by atoms with Crippen molar-refractivity contribution in [3.63, 3.8) is 0 Å². The maximum absolute atomic E-state index is 12.4. The number of aliphatic hydroxyl groups is 1. The predicted molar refractivity (Wildman–Crippen MR) is 107 cm³/mol. The molecule has 0 saturated carbocycles. The zero-order valence-corrected chi connectivity index (χ0v) is 16.3. The highest BCUT2D eigenvalue weighted by molar-refractivity contribution is 7.14. The van der Waals surface area contributed by atoms with Crippen molar-refractivity contribution in [2.45, 2.75) is 45.6 Å². The predicted octanol–water partition coefficient (Wildman–Crippen LogP) is 3.60. The van der Waals surface area contributed by atoms with Gasteiger partial charge < -0.3 is 10.4 Å². The molecule has 2 heterocycles. The van der Waals surface area contributed by atoms with Gasteiger partial charge in [0.25, 0.3) is 0 Å². The second-order valence-corrected chi connectivity index (χ2v) is 7.88. The van der Waals surface area contributed by atoms with Gasteiger partial charge in [-0.1, -0.05) is 18.6 Å². The van der Waals surface area contributed by atoms with Crippen LogP contribution in [0.15, 0.2) is 23.6 Å². The summed E-state index contributed by atoms with van der Waals surface area (Å²) in [6, 6.07) is 6.60. The van der Waals surface area contributed by atoms with Gasteiger partial charge in [0.2, 0.25) is 5.91 Å². The topological polar surface area (TPSA) is 65.5 Å². The molecule has 1 saturated heterocycles. The number of aromatic nitrogens is 1. The maximum Gasteiger partial charge on any atom is 0.240 e. The number of hydrogen-bond acceptors (Lipinski definition) is 5. The minimum atomic E-state index is -0.0316. The van der Waals surface area contributed by atoms with Crippen LogP contribution < -0.4 is 5.32 Å². The summed E-state index contributed by atoms with van der Waals surface area (Å²) in [6.45, 7) is 5.65. The van der Waals surface area contributed by atoms with Crippen LogP contribution >= 0.6 is 11.3 Å². The number of carbonyl (C=O) groups excluding carboxylic acids is 1. The molecule has 0 bridgehead atoms. The summed E-state index contributed by atoms with van der Waals surface area (Å²) in [5, 5.41) is 14.8. The van der Waals surface area contributed by atoms with Gasteiger partial charge in [-0.05, 0) is 56.8 Å². The van der Waals surface area contributed by atoms with Crippen molar-refractivity contribution < 1.29 is 9.90 Å². The molecule has 140 valence electrons. The zero-order valence-electron chi connectivity index (χ0n) is 15.5. The summed E-state index contributed by atoms with van der Waals surface area (Å²) >= 11 is 1.45. The molecule has 1 atom stereocenters. The number of carbonyl (C=O) groups is 1. The number of anilines is 1. The van der Waals surface area contributed by atoms with Gasteiger partial charge in [0, 0.05) is 23.6 Å². The van der Waals surface area contributed by atoms with Crippen molar-refractivity contribution in [2.24, 2.45) is 0 Å². The first-order valence-corrected chi connectivity index (χ1v) is 10.1. The fraction of sp³-hybridized carbons (Fsp3) is 0.500. The molecule has 1 aromatic carbocycles. The number of benzene rings is 1. The van der Waals surface area contributed by atoms with Crippen LogP contribution in [0.25, 0.3) is 11.3 Å². The van der Waals surface area contributed by atoms with Crippen LogP contribution in [0, 0.1) is 13.8 Å². The van der Waals surface area contributed by atoms with E-state index in [0.29, 0.717) is 17.7 Å². The van der Waals surface area contributed by atoms with Crippen LogP contribution in [0.1, 0.15) is 36.8 Å². The van der Waals surface area contributed by atoms with Crippen LogP contribution in [0.4, 0.5) is 5.13 Å². The van der Waals surface area contributed by atoms with E-state index in [0.717, 1.165) is 37.1 Å². The molecule has 0 radical (unpaired) electrons. The molecule has 5 nitrogen and oxygen atoms in total. The van der Waals surface area contributed by atoms with Crippen molar-refractivity contribution in [3.05, 3.63) is 34.7 Å². The molecule has 2 N–H and O–H groups in total. The highest BCUT2D eigenvalue weighted by Gasteiger charge is 2.24. The summed E-state index contributed by atoms with van der Waals surface area (Å²) in [7, 11) is 0. The van der Waals surface area contributed by atoms with E-state index >= 15 is 0 Å². The zero-order chi connectivity index (χ0) is 18.5. The standard InChI is InChI=1S/C20H27N3O2S/c1-14-6-7-16(11-15(14)2)18-13-26-20(21-18)22-19(25)12-23-9-4-3-5-17(23)8-10-24/h6-7,11,13,17,24H,3-5,8-10,12H2,1-2H3,(H,21,22,25). The molecule has 1 aliphatic rings. The third-order valence-electron chi connectivity index (χ3n) is 5.11. The van der Waals surface area contributed by atoms with Gasteiger partial charge in [0.15, 0.2) is 5.13 Å². The molecule has 1 aliphatic heterocycles. The fourth-order valence-corrected chi connectivity index (χ4v) is 4.19. The SMILES string of the molecule is Cc1ccc(-c2csc(NC(=O)CN3CCCCC3CCO)n2)cc1C. The van der Waals surface area contributed by atoms with Crippen LogP contribution in [-0.2, 0) is 4.79 Å². The Morgan fingerprint density at radius 2 is 2.19 bits per heavy atom. The monoisotopic (exact) mass is 373 g/mol. The minimum Gasteiger partial charge on any atom is -0.396 e. The number of nitrogens with one attached hydrogen (secondary N) is 1. The quantitative estimate of drug-likeness (QED) is 0.812. The number of aryl methyl sites for hydroxylation is 2. The molecule has 26 heavy (non-hydrogen) atoms. The first kappa shape index (κ1) is 19.0. The molecule has 2 aromatic rings. The van der Waals surface area contributed by atoms with E-state index in [1.54, 1.807) is 0 Å². The molecule has 0 spiro atoms. The van der Waals surface area contributed by atoms with E-state index in [1.807, 2.05) is 5.38 Å². The van der Waals surface area contributed by atoms with Gasteiger partial charge in [0.05, 0.1) is 12.2 Å². The molecular weight excluding hydrogens is 346 g/mol. The van der Waals surface area contributed by atoms with Gasteiger partial charge >= 0.3 is 0 Å². The summed E-state index contributed by atoms with van der Waals surface area (Å²) < 4.78 is 0. The highest BCUT2D eigenvalue weighted by atomic mass is 32.1. The number of nitrogens with zero attached hydrogens (tertiary/aromatic N) is 2. The van der Waals surface area contributed by atoms with Crippen molar-refractivity contribution >= 4 is 22.4 Å². The molecule has 1 fully saturated rings. The van der Waals surface area contributed by atoms with E-state index < -0.39 is 0 Å². The van der Waals surface area contributed by atoms with E-state index in [4.69, 9.17) is 0 Å². The van der Waals surface area contributed by atoms with Crippen LogP contribution in [0.3, 0.4) is 0 Å². The molecular formula is C20H27N3O2S. The smallest absolute Gasteiger partial charge is 0.240 e. The normalized spacial score (nSPS) is 18.0. The Labute approximate surface area is 159 Å². The van der Waals surface area contributed by atoms with Crippen molar-refractivity contribution in [3.8, 4) is 11.3 Å². The summed E-state index contributed by atoms with van der Waals surface area (Å²) in [5.74, 6) is -0.0316. The van der Waals surface area contributed by atoms with E-state index in [-0.39, 0.29) is 12.5 Å². The molecule has 1 unspecified atom stereocenters. The highest BCUT2D eigenvalue weighted by Crippen LogP contribution is 2.26. The summed E-state index contributed by atoms with van der Waals surface area (Å²) in [6.07, 6.45) is 4.08. The van der Waals surface area contributed by atoms with Gasteiger partial charge in [-0.25, -0.2) is 4.98 Å². The number of piperidine rings is 1. The van der Waals surface area contributed by atoms with Crippen LogP contribution in [0.5, 0.6) is 0 Å². The fourth-order valence-electron chi connectivity index (χ4n) is 3.45. The van der Waals surface area contributed by atoms with Crippen molar-refractivity contribution in [2.75, 3.05) is 25.0 Å². The average molecular weight is 374 g/mol. The number of rotatable bonds is 6. The molecule has 1 aromatic heterocycles. The Hall–Kier alpha value is -1.76. The number of hydrogen-bond donors (Lipinski definition) is 2. The van der Waals surface area contributed by atoms with Gasteiger partial charge in [-0.3, -0.25) is 9.69 Å². The van der Waals surface area contributed by atoms with Crippen molar-refractivity contribution in [1.82, 2.24) is 9.88 Å². The Balaban J connectivity index is 1.61. The lowest BCUT2D eigenvalue weighted by Gasteiger charge is -2.34. The lowest BCUT2D eigenvalue weighted by Crippen LogP contribution is -2.44. The Morgan fingerprint density at radius 1 is 1.35 bits per heavy atom. The third kappa shape index (κ3) is 4.69. The Kier molecular flexibility index (Phi) is 6.40. The second-order valence-electron chi connectivity index (χ2n) is 7.02. The summed E-state index contributed by atoms with van der Waals surface area (Å²) in [5.41, 5.74) is 4.46. The minimum absolute atomic E-state index is 0.0316. The maximum atomic E-state index is 12.4. The van der Waals surface area contributed by atoms with E-state index in [9.17, 15) is 9.90 Å². The molecule has 3 rings (SSSR count). The summed E-state index contributed by atoms with van der Waals surface area (Å²) in [4.78, 5) is 19.2. The van der Waals surface area contributed by atoms with Crippen LogP contribution in [0.2, 0.25) is 0 Å². The number of amides is 1. The first-order valence-electron chi connectivity index (χ1n) is 9.24. The Bertz CT molecular complexity index is 757. The first-order chi connectivity index (χ1) is 12.6. The van der Waals surface area contributed by atoms with E-state index in [1.165, 1.54) is 28.9 Å². The van der Waals surface area contributed by atoms with Crippen LogP contribution in [-0.4, -0.2) is 46.6 Å². The Morgan fingerprint density at radius 3 is 2.96 bits per heavy atom. The lowest BCUT2D eigenvalue weighted by molar-refractivity contribution is -0.118. The largest absolute Gasteiger partial charge is 0.396 e.